The van der Waals surface area contributed by atoms with Crippen LogP contribution in [0.3, 0.4) is 0 Å². The largest absolute Gasteiger partial charge is 0.330 e. The number of nitrogens with zero attached hydrogens (tertiary/aromatic N) is 2. The monoisotopic (exact) mass is 247 g/mol. The van der Waals surface area contributed by atoms with Crippen molar-refractivity contribution in [2.75, 3.05) is 20.1 Å². The van der Waals surface area contributed by atoms with Gasteiger partial charge >= 0.3 is 0 Å². The lowest BCUT2D eigenvalue weighted by atomic mass is 9.96. The summed E-state index contributed by atoms with van der Waals surface area (Å²) in [5.74, 6) is 0. The van der Waals surface area contributed by atoms with Gasteiger partial charge in [-0.05, 0) is 63.4 Å². The molecule has 2 N–H and O–H groups in total. The fourth-order valence-corrected chi connectivity index (χ4v) is 2.77. The lowest BCUT2D eigenvalue weighted by molar-refractivity contribution is 0.184. The highest BCUT2D eigenvalue weighted by atomic mass is 15.1. The number of likely N-dealkylation sites (tertiary alicyclic amines) is 1. The maximum Gasteiger partial charge on any atom is 0.0300 e. The van der Waals surface area contributed by atoms with E-state index in [9.17, 15) is 0 Å². The van der Waals surface area contributed by atoms with Crippen LogP contribution in [-0.4, -0.2) is 36.1 Å². The van der Waals surface area contributed by atoms with Crippen LogP contribution >= 0.6 is 0 Å². The molecule has 0 radical (unpaired) electrons. The Labute approximate surface area is 110 Å². The molecule has 1 fully saturated rings. The standard InChI is InChI=1S/C15H25N3/c1-18-8-3-2-6-15(18)10-14-9-13(5-4-7-16)11-17-12-14/h9,11-12,15H,2-8,10,16H2,1H3. The fraction of sp³-hybridized carbons (Fsp3) is 0.667. The van der Waals surface area contributed by atoms with Gasteiger partial charge in [-0.25, -0.2) is 0 Å². The van der Waals surface area contributed by atoms with Crippen LogP contribution in [0.25, 0.3) is 0 Å². The van der Waals surface area contributed by atoms with E-state index in [1.165, 1.54) is 36.9 Å². The van der Waals surface area contributed by atoms with Crippen molar-refractivity contribution in [3.63, 3.8) is 0 Å². The number of hydrogen-bond acceptors (Lipinski definition) is 3. The number of piperidine rings is 1. The molecule has 3 heteroatoms. The van der Waals surface area contributed by atoms with Gasteiger partial charge in [0.25, 0.3) is 0 Å². The van der Waals surface area contributed by atoms with Gasteiger partial charge in [0.15, 0.2) is 0 Å². The first kappa shape index (κ1) is 13.5. The Morgan fingerprint density at radius 1 is 1.33 bits per heavy atom. The first-order valence-electron chi connectivity index (χ1n) is 7.12. The third-order valence-corrected chi connectivity index (χ3v) is 3.91. The van der Waals surface area contributed by atoms with Crippen LogP contribution in [0.1, 0.15) is 36.8 Å². The highest BCUT2D eigenvalue weighted by molar-refractivity contribution is 5.19. The molecular formula is C15H25N3. The van der Waals surface area contributed by atoms with Gasteiger partial charge in [-0.3, -0.25) is 4.98 Å². The lowest BCUT2D eigenvalue weighted by Crippen LogP contribution is -2.37. The zero-order valence-electron chi connectivity index (χ0n) is 11.4. The van der Waals surface area contributed by atoms with E-state index in [-0.39, 0.29) is 0 Å². The van der Waals surface area contributed by atoms with Crippen LogP contribution in [0.5, 0.6) is 0 Å². The Balaban J connectivity index is 1.95. The van der Waals surface area contributed by atoms with E-state index in [4.69, 9.17) is 5.73 Å². The zero-order valence-corrected chi connectivity index (χ0v) is 11.4. The molecule has 0 aliphatic carbocycles. The van der Waals surface area contributed by atoms with Crippen molar-refractivity contribution in [2.24, 2.45) is 5.73 Å². The van der Waals surface area contributed by atoms with Crippen LogP contribution in [0, 0.1) is 0 Å². The Morgan fingerprint density at radius 2 is 2.17 bits per heavy atom. The minimum atomic E-state index is 0.699. The Kier molecular flexibility index (Phi) is 5.14. The van der Waals surface area contributed by atoms with E-state index in [1.807, 2.05) is 12.4 Å². The molecule has 3 nitrogen and oxygen atoms in total. The number of aromatic nitrogens is 1. The van der Waals surface area contributed by atoms with Crippen LogP contribution < -0.4 is 5.73 Å². The summed E-state index contributed by atoms with van der Waals surface area (Å²) in [5.41, 5.74) is 8.26. The normalized spacial score (nSPS) is 21.1. The maximum atomic E-state index is 5.55. The predicted octanol–water partition coefficient (Wildman–Crippen LogP) is 2.00. The molecule has 0 amide bonds. The molecule has 1 aliphatic rings. The second-order valence-corrected chi connectivity index (χ2v) is 5.43. The van der Waals surface area contributed by atoms with Crippen molar-refractivity contribution in [1.82, 2.24) is 9.88 Å². The van der Waals surface area contributed by atoms with Gasteiger partial charge in [0, 0.05) is 18.4 Å². The Hall–Kier alpha value is -0.930. The Bertz CT molecular complexity index is 365. The van der Waals surface area contributed by atoms with Crippen molar-refractivity contribution >= 4 is 0 Å². The summed E-state index contributed by atoms with van der Waals surface area (Å²) in [5, 5.41) is 0. The molecule has 1 aromatic rings. The van der Waals surface area contributed by atoms with Gasteiger partial charge in [-0.2, -0.15) is 0 Å². The van der Waals surface area contributed by atoms with Crippen LogP contribution in [-0.2, 0) is 12.8 Å². The Morgan fingerprint density at radius 3 is 2.94 bits per heavy atom. The second-order valence-electron chi connectivity index (χ2n) is 5.43. The van der Waals surface area contributed by atoms with Gasteiger partial charge in [0.2, 0.25) is 0 Å². The third-order valence-electron chi connectivity index (χ3n) is 3.91. The molecule has 2 rings (SSSR count). The first-order chi connectivity index (χ1) is 8.79. The fourth-order valence-electron chi connectivity index (χ4n) is 2.77. The molecule has 1 unspecified atom stereocenters. The number of nitrogens with two attached hydrogens (primary N) is 1. The SMILES string of the molecule is CN1CCCCC1Cc1cncc(CCCN)c1. The number of pyridine rings is 1. The molecule has 0 saturated carbocycles. The minimum absolute atomic E-state index is 0.699. The molecule has 1 saturated heterocycles. The molecule has 100 valence electrons. The maximum absolute atomic E-state index is 5.55. The highest BCUT2D eigenvalue weighted by Crippen LogP contribution is 2.19. The quantitative estimate of drug-likeness (QED) is 0.865. The van der Waals surface area contributed by atoms with Crippen molar-refractivity contribution in [2.45, 2.75) is 44.6 Å². The van der Waals surface area contributed by atoms with Gasteiger partial charge in [0.05, 0.1) is 0 Å². The van der Waals surface area contributed by atoms with Crippen molar-refractivity contribution < 1.29 is 0 Å². The van der Waals surface area contributed by atoms with Crippen molar-refractivity contribution in [3.8, 4) is 0 Å². The van der Waals surface area contributed by atoms with Gasteiger partial charge in [-0.1, -0.05) is 12.5 Å². The molecular weight excluding hydrogens is 222 g/mol. The molecule has 1 aliphatic heterocycles. The van der Waals surface area contributed by atoms with Crippen molar-refractivity contribution in [1.29, 1.82) is 0 Å². The summed E-state index contributed by atoms with van der Waals surface area (Å²) in [6.45, 7) is 2.00. The molecule has 1 atom stereocenters. The predicted molar refractivity (Wildman–Crippen MR) is 75.6 cm³/mol. The number of aryl methyl sites for hydroxylation is 1. The van der Waals surface area contributed by atoms with Crippen LogP contribution in [0.15, 0.2) is 18.5 Å². The minimum Gasteiger partial charge on any atom is -0.330 e. The molecule has 2 heterocycles. The van der Waals surface area contributed by atoms with Crippen LogP contribution in [0.4, 0.5) is 0 Å². The molecule has 18 heavy (non-hydrogen) atoms. The smallest absolute Gasteiger partial charge is 0.0300 e. The van der Waals surface area contributed by atoms with Gasteiger partial charge < -0.3 is 10.6 Å². The average molecular weight is 247 g/mol. The van der Waals surface area contributed by atoms with Gasteiger partial charge in [-0.15, -0.1) is 0 Å². The third kappa shape index (κ3) is 3.79. The van der Waals surface area contributed by atoms with Crippen LogP contribution in [0.2, 0.25) is 0 Å². The van der Waals surface area contributed by atoms with E-state index in [0.29, 0.717) is 6.04 Å². The summed E-state index contributed by atoms with van der Waals surface area (Å²) >= 11 is 0. The molecule has 0 spiro atoms. The number of likely N-dealkylation sites (N-methyl/N-ethyl adjacent to an activating group) is 1. The summed E-state index contributed by atoms with van der Waals surface area (Å²) in [7, 11) is 2.25. The van der Waals surface area contributed by atoms with Gasteiger partial charge in [0.1, 0.15) is 0 Å². The summed E-state index contributed by atoms with van der Waals surface area (Å²) in [6, 6.07) is 3.01. The number of hydrogen-bond donors (Lipinski definition) is 1. The topological polar surface area (TPSA) is 42.2 Å². The molecule has 0 aromatic carbocycles. The van der Waals surface area contributed by atoms with Crippen molar-refractivity contribution in [3.05, 3.63) is 29.6 Å². The van der Waals surface area contributed by atoms with E-state index in [1.54, 1.807) is 0 Å². The lowest BCUT2D eigenvalue weighted by Gasteiger charge is -2.32. The number of rotatable bonds is 5. The highest BCUT2D eigenvalue weighted by Gasteiger charge is 2.19. The first-order valence-corrected chi connectivity index (χ1v) is 7.12. The summed E-state index contributed by atoms with van der Waals surface area (Å²) in [4.78, 5) is 6.86. The second kappa shape index (κ2) is 6.86. The van der Waals surface area contributed by atoms with E-state index < -0.39 is 0 Å². The summed E-state index contributed by atoms with van der Waals surface area (Å²) < 4.78 is 0. The zero-order chi connectivity index (χ0) is 12.8. The average Bonchev–Trinajstić information content (AvgIpc) is 2.40. The van der Waals surface area contributed by atoms with E-state index in [0.717, 1.165) is 25.8 Å². The van der Waals surface area contributed by atoms with E-state index >= 15 is 0 Å². The molecule has 1 aromatic heterocycles. The molecule has 0 bridgehead atoms. The van der Waals surface area contributed by atoms with E-state index in [2.05, 4.69) is 23.0 Å². The summed E-state index contributed by atoms with van der Waals surface area (Å²) in [6.07, 6.45) is 11.3.